The molecule has 0 N–H and O–H groups in total. The Morgan fingerprint density at radius 3 is 2.00 bits per heavy atom. The normalized spacial score (nSPS) is 36.7. The molecule has 0 aromatic heterocycles. The van der Waals surface area contributed by atoms with E-state index in [0.29, 0.717) is 0 Å². The maximum atomic E-state index is 5.31. The topological polar surface area (TPSA) is 9.23 Å². The fourth-order valence-corrected chi connectivity index (χ4v) is 4.20. The maximum Gasteiger partial charge on any atom is 0.0490 e. The van der Waals surface area contributed by atoms with Gasteiger partial charge < -0.3 is 4.74 Å². The second-order valence-corrected chi connectivity index (χ2v) is 6.75. The van der Waals surface area contributed by atoms with Gasteiger partial charge >= 0.3 is 0 Å². The van der Waals surface area contributed by atoms with Crippen LogP contribution in [0.1, 0.15) is 64.7 Å². The summed E-state index contributed by atoms with van der Waals surface area (Å²) in [6, 6.07) is 0. The highest BCUT2D eigenvalue weighted by Gasteiger charge is 2.30. The van der Waals surface area contributed by atoms with Crippen molar-refractivity contribution in [3.05, 3.63) is 12.2 Å². The van der Waals surface area contributed by atoms with Crippen molar-refractivity contribution >= 4 is 0 Å². The van der Waals surface area contributed by atoms with Gasteiger partial charge in [-0.05, 0) is 81.5 Å². The van der Waals surface area contributed by atoms with Crippen LogP contribution in [0.3, 0.4) is 0 Å². The predicted molar refractivity (Wildman–Crippen MR) is 82.2 cm³/mol. The van der Waals surface area contributed by atoms with Gasteiger partial charge in [-0.1, -0.05) is 19.1 Å². The molecule has 19 heavy (non-hydrogen) atoms. The molecular formula is C18H32O. The first-order valence-corrected chi connectivity index (χ1v) is 8.49. The molecule has 2 saturated carbocycles. The van der Waals surface area contributed by atoms with Crippen molar-refractivity contribution in [1.82, 2.24) is 0 Å². The Kier molecular flexibility index (Phi) is 6.43. The van der Waals surface area contributed by atoms with Crippen LogP contribution in [0.5, 0.6) is 0 Å². The minimum absolute atomic E-state index is 0.852. The van der Waals surface area contributed by atoms with Crippen molar-refractivity contribution in [2.24, 2.45) is 23.7 Å². The molecule has 2 fully saturated rings. The summed E-state index contributed by atoms with van der Waals surface area (Å²) >= 11 is 0. The summed E-state index contributed by atoms with van der Waals surface area (Å²) in [6.45, 7) is 3.22. The second-order valence-electron chi connectivity index (χ2n) is 6.75. The predicted octanol–water partition coefficient (Wildman–Crippen LogP) is 5.21. The van der Waals surface area contributed by atoms with E-state index in [0.717, 1.165) is 30.3 Å². The van der Waals surface area contributed by atoms with Gasteiger partial charge in [-0.3, -0.25) is 0 Å². The van der Waals surface area contributed by atoms with Gasteiger partial charge in [0.25, 0.3) is 0 Å². The van der Waals surface area contributed by atoms with Gasteiger partial charge in [0.05, 0.1) is 0 Å². The highest BCUT2D eigenvalue weighted by Crippen LogP contribution is 2.41. The Bertz CT molecular complexity index is 255. The van der Waals surface area contributed by atoms with E-state index >= 15 is 0 Å². The van der Waals surface area contributed by atoms with Crippen LogP contribution >= 0.6 is 0 Å². The molecule has 0 spiro atoms. The molecule has 0 unspecified atom stereocenters. The molecule has 0 aromatic rings. The van der Waals surface area contributed by atoms with Crippen LogP contribution in [0.4, 0.5) is 0 Å². The molecule has 0 aromatic carbocycles. The fourth-order valence-electron chi connectivity index (χ4n) is 4.20. The summed E-state index contributed by atoms with van der Waals surface area (Å²) in [5.74, 6) is 3.81. The lowest BCUT2D eigenvalue weighted by Crippen LogP contribution is -2.26. The second kappa shape index (κ2) is 8.09. The van der Waals surface area contributed by atoms with Crippen LogP contribution < -0.4 is 0 Å². The van der Waals surface area contributed by atoms with E-state index in [4.69, 9.17) is 4.74 Å². The van der Waals surface area contributed by atoms with Crippen molar-refractivity contribution in [2.75, 3.05) is 13.7 Å². The fraction of sp³-hybridized carbons (Fsp3) is 0.889. The number of hydrogen-bond acceptors (Lipinski definition) is 1. The van der Waals surface area contributed by atoms with Gasteiger partial charge in [-0.2, -0.15) is 0 Å². The minimum atomic E-state index is 0.852. The molecule has 0 bridgehead atoms. The van der Waals surface area contributed by atoms with Crippen molar-refractivity contribution in [1.29, 1.82) is 0 Å². The molecule has 1 nitrogen and oxygen atoms in total. The number of rotatable bonds is 5. The molecule has 1 heteroatoms. The average molecular weight is 264 g/mol. The Labute approximate surface area is 119 Å². The summed E-state index contributed by atoms with van der Waals surface area (Å²) in [6.07, 6.45) is 17.6. The van der Waals surface area contributed by atoms with E-state index < -0.39 is 0 Å². The SMILES string of the molecule is CC/C=C/[C@H]1CC[C@H](C2CCC(COC)CC2)CC1. The summed E-state index contributed by atoms with van der Waals surface area (Å²) in [7, 11) is 1.84. The van der Waals surface area contributed by atoms with E-state index in [-0.39, 0.29) is 0 Å². The zero-order valence-electron chi connectivity index (χ0n) is 12.9. The van der Waals surface area contributed by atoms with Crippen molar-refractivity contribution < 1.29 is 4.74 Å². The quantitative estimate of drug-likeness (QED) is 0.619. The molecule has 0 aliphatic heterocycles. The van der Waals surface area contributed by atoms with Gasteiger partial charge in [-0.25, -0.2) is 0 Å². The van der Waals surface area contributed by atoms with Crippen molar-refractivity contribution in [3.8, 4) is 0 Å². The monoisotopic (exact) mass is 264 g/mol. The van der Waals surface area contributed by atoms with Gasteiger partial charge in [0.15, 0.2) is 0 Å². The van der Waals surface area contributed by atoms with Crippen molar-refractivity contribution in [2.45, 2.75) is 64.7 Å². The van der Waals surface area contributed by atoms with E-state index in [9.17, 15) is 0 Å². The summed E-state index contributed by atoms with van der Waals surface area (Å²) in [4.78, 5) is 0. The van der Waals surface area contributed by atoms with Crippen LogP contribution in [-0.2, 0) is 4.74 Å². The first-order valence-electron chi connectivity index (χ1n) is 8.49. The molecule has 2 aliphatic rings. The standard InChI is InChI=1S/C18H32O/c1-3-4-5-15-6-10-17(11-7-15)18-12-8-16(9-13-18)14-19-2/h4-5,15-18H,3,6-14H2,1-2H3/b5-4+/t15-,16?,17-,18?. The number of methoxy groups -OCH3 is 1. The highest BCUT2D eigenvalue weighted by atomic mass is 16.5. The Balaban J connectivity index is 1.69. The number of ether oxygens (including phenoxy) is 1. The Hall–Kier alpha value is -0.300. The number of allylic oxidation sites excluding steroid dienone is 2. The number of hydrogen-bond donors (Lipinski definition) is 0. The molecule has 2 aliphatic carbocycles. The van der Waals surface area contributed by atoms with Gasteiger partial charge in [0.1, 0.15) is 0 Å². The lowest BCUT2D eigenvalue weighted by atomic mass is 9.69. The smallest absolute Gasteiger partial charge is 0.0490 e. The van der Waals surface area contributed by atoms with Crippen LogP contribution in [0.15, 0.2) is 12.2 Å². The first-order chi connectivity index (χ1) is 9.33. The lowest BCUT2D eigenvalue weighted by molar-refractivity contribution is 0.0957. The maximum absolute atomic E-state index is 5.31. The van der Waals surface area contributed by atoms with Crippen LogP contribution in [-0.4, -0.2) is 13.7 Å². The van der Waals surface area contributed by atoms with Crippen LogP contribution in [0.2, 0.25) is 0 Å². The largest absolute Gasteiger partial charge is 0.384 e. The third-order valence-electron chi connectivity index (χ3n) is 5.42. The van der Waals surface area contributed by atoms with Gasteiger partial charge in [-0.15, -0.1) is 0 Å². The van der Waals surface area contributed by atoms with Gasteiger partial charge in [0.2, 0.25) is 0 Å². The molecule has 2 rings (SSSR count). The highest BCUT2D eigenvalue weighted by molar-refractivity contribution is 4.91. The summed E-state index contributed by atoms with van der Waals surface area (Å²) < 4.78 is 5.31. The third-order valence-corrected chi connectivity index (χ3v) is 5.42. The lowest BCUT2D eigenvalue weighted by Gasteiger charge is -2.37. The molecule has 0 atom stereocenters. The summed E-state index contributed by atoms with van der Waals surface area (Å²) in [5, 5.41) is 0. The molecular weight excluding hydrogens is 232 g/mol. The van der Waals surface area contributed by atoms with E-state index in [2.05, 4.69) is 19.1 Å². The Morgan fingerprint density at radius 1 is 0.895 bits per heavy atom. The molecule has 110 valence electrons. The zero-order chi connectivity index (χ0) is 13.5. The van der Waals surface area contributed by atoms with Crippen molar-refractivity contribution in [3.63, 3.8) is 0 Å². The molecule has 0 heterocycles. The molecule has 0 saturated heterocycles. The van der Waals surface area contributed by atoms with E-state index in [1.165, 1.54) is 57.8 Å². The van der Waals surface area contributed by atoms with E-state index in [1.807, 2.05) is 7.11 Å². The van der Waals surface area contributed by atoms with Crippen LogP contribution in [0, 0.1) is 23.7 Å². The average Bonchev–Trinajstić information content (AvgIpc) is 2.47. The Morgan fingerprint density at radius 2 is 1.47 bits per heavy atom. The minimum Gasteiger partial charge on any atom is -0.384 e. The van der Waals surface area contributed by atoms with E-state index in [1.54, 1.807) is 0 Å². The molecule has 0 radical (unpaired) electrons. The van der Waals surface area contributed by atoms with Crippen LogP contribution in [0.25, 0.3) is 0 Å². The zero-order valence-corrected chi connectivity index (χ0v) is 12.9. The summed E-state index contributed by atoms with van der Waals surface area (Å²) in [5.41, 5.74) is 0. The molecule has 0 amide bonds. The first kappa shape index (κ1) is 15.1. The third kappa shape index (κ3) is 4.63. The van der Waals surface area contributed by atoms with Gasteiger partial charge in [0, 0.05) is 13.7 Å².